The van der Waals surface area contributed by atoms with E-state index in [1.54, 1.807) is 6.26 Å². The standard InChI is InChI=1S/C15H20N2O/c1-17(2)12-14-7-4-3-6-13(14)10-16-11-15-8-5-9-18-15/h3-9,16H,10-12H2,1-2H3. The fourth-order valence-electron chi connectivity index (χ4n) is 1.96. The van der Waals surface area contributed by atoms with Gasteiger partial charge in [-0.05, 0) is 37.4 Å². The number of nitrogens with zero attached hydrogens (tertiary/aromatic N) is 1. The summed E-state index contributed by atoms with van der Waals surface area (Å²) < 4.78 is 5.30. The van der Waals surface area contributed by atoms with E-state index in [0.29, 0.717) is 0 Å². The van der Waals surface area contributed by atoms with Gasteiger partial charge in [0, 0.05) is 13.1 Å². The number of hydrogen-bond donors (Lipinski definition) is 1. The number of furan rings is 1. The first-order chi connectivity index (χ1) is 8.75. The van der Waals surface area contributed by atoms with Crippen LogP contribution < -0.4 is 5.32 Å². The SMILES string of the molecule is CN(C)Cc1ccccc1CNCc1ccco1. The van der Waals surface area contributed by atoms with Crippen molar-refractivity contribution in [2.45, 2.75) is 19.6 Å². The second kappa shape index (κ2) is 6.38. The molecule has 0 radical (unpaired) electrons. The lowest BCUT2D eigenvalue weighted by Crippen LogP contribution is -2.17. The van der Waals surface area contributed by atoms with Crippen molar-refractivity contribution in [2.75, 3.05) is 14.1 Å². The van der Waals surface area contributed by atoms with Crippen molar-refractivity contribution in [3.8, 4) is 0 Å². The van der Waals surface area contributed by atoms with Crippen molar-refractivity contribution < 1.29 is 4.42 Å². The molecular weight excluding hydrogens is 224 g/mol. The Morgan fingerprint density at radius 2 is 1.78 bits per heavy atom. The van der Waals surface area contributed by atoms with Crippen LogP contribution >= 0.6 is 0 Å². The Morgan fingerprint density at radius 1 is 1.00 bits per heavy atom. The van der Waals surface area contributed by atoms with Gasteiger partial charge < -0.3 is 14.6 Å². The molecule has 0 fully saturated rings. The minimum absolute atomic E-state index is 0.767. The largest absolute Gasteiger partial charge is 0.468 e. The van der Waals surface area contributed by atoms with E-state index in [4.69, 9.17) is 4.42 Å². The molecule has 1 N–H and O–H groups in total. The number of rotatable bonds is 6. The zero-order valence-corrected chi connectivity index (χ0v) is 11.0. The third-order valence-electron chi connectivity index (χ3n) is 2.80. The van der Waals surface area contributed by atoms with Gasteiger partial charge in [0.2, 0.25) is 0 Å². The van der Waals surface area contributed by atoms with Crippen molar-refractivity contribution in [2.24, 2.45) is 0 Å². The van der Waals surface area contributed by atoms with Gasteiger partial charge in [-0.25, -0.2) is 0 Å². The fraction of sp³-hybridized carbons (Fsp3) is 0.333. The zero-order chi connectivity index (χ0) is 12.8. The van der Waals surface area contributed by atoms with E-state index in [-0.39, 0.29) is 0 Å². The average molecular weight is 244 g/mol. The van der Waals surface area contributed by atoms with Crippen LogP contribution in [0.15, 0.2) is 47.1 Å². The highest BCUT2D eigenvalue weighted by atomic mass is 16.3. The second-order valence-corrected chi connectivity index (χ2v) is 4.69. The summed E-state index contributed by atoms with van der Waals surface area (Å²) in [7, 11) is 4.18. The van der Waals surface area contributed by atoms with Crippen LogP contribution in [0.4, 0.5) is 0 Å². The highest BCUT2D eigenvalue weighted by molar-refractivity contribution is 5.26. The summed E-state index contributed by atoms with van der Waals surface area (Å²) in [6.45, 7) is 2.60. The first-order valence-corrected chi connectivity index (χ1v) is 6.20. The number of nitrogens with one attached hydrogen (secondary N) is 1. The molecule has 0 aliphatic rings. The Kier molecular flexibility index (Phi) is 4.56. The summed E-state index contributed by atoms with van der Waals surface area (Å²) in [6.07, 6.45) is 1.71. The molecule has 0 saturated carbocycles. The van der Waals surface area contributed by atoms with E-state index in [0.717, 1.165) is 25.4 Å². The molecule has 3 heteroatoms. The lowest BCUT2D eigenvalue weighted by molar-refractivity contribution is 0.400. The molecule has 0 spiro atoms. The molecule has 3 nitrogen and oxygen atoms in total. The Labute approximate surface area is 108 Å². The predicted octanol–water partition coefficient (Wildman–Crippen LogP) is 2.63. The maximum atomic E-state index is 5.30. The van der Waals surface area contributed by atoms with Crippen LogP contribution in [0.1, 0.15) is 16.9 Å². The van der Waals surface area contributed by atoms with Gasteiger partial charge in [-0.1, -0.05) is 24.3 Å². The van der Waals surface area contributed by atoms with Crippen LogP contribution in [0.5, 0.6) is 0 Å². The molecule has 18 heavy (non-hydrogen) atoms. The minimum atomic E-state index is 0.767. The number of benzene rings is 1. The van der Waals surface area contributed by atoms with Crippen LogP contribution in [0.25, 0.3) is 0 Å². The van der Waals surface area contributed by atoms with Gasteiger partial charge in [0.05, 0.1) is 12.8 Å². The minimum Gasteiger partial charge on any atom is -0.468 e. The first kappa shape index (κ1) is 12.9. The van der Waals surface area contributed by atoms with Crippen molar-refractivity contribution >= 4 is 0 Å². The predicted molar refractivity (Wildman–Crippen MR) is 73.1 cm³/mol. The molecule has 0 aliphatic carbocycles. The van der Waals surface area contributed by atoms with Gasteiger partial charge in [0.1, 0.15) is 5.76 Å². The molecule has 0 unspecified atom stereocenters. The van der Waals surface area contributed by atoms with Crippen molar-refractivity contribution in [1.82, 2.24) is 10.2 Å². The summed E-state index contributed by atoms with van der Waals surface area (Å²) in [5.41, 5.74) is 2.72. The van der Waals surface area contributed by atoms with E-state index in [2.05, 4.69) is 48.6 Å². The van der Waals surface area contributed by atoms with E-state index in [1.807, 2.05) is 12.1 Å². The van der Waals surface area contributed by atoms with Crippen molar-refractivity contribution in [1.29, 1.82) is 0 Å². The maximum Gasteiger partial charge on any atom is 0.117 e. The topological polar surface area (TPSA) is 28.4 Å². The lowest BCUT2D eigenvalue weighted by Gasteiger charge is -2.14. The Balaban J connectivity index is 1.92. The Hall–Kier alpha value is -1.58. The summed E-state index contributed by atoms with van der Waals surface area (Å²) in [5, 5.41) is 3.41. The maximum absolute atomic E-state index is 5.30. The lowest BCUT2D eigenvalue weighted by atomic mass is 10.1. The van der Waals surface area contributed by atoms with Crippen LogP contribution in [0.3, 0.4) is 0 Å². The van der Waals surface area contributed by atoms with E-state index < -0.39 is 0 Å². The molecule has 0 amide bonds. The molecule has 0 aliphatic heterocycles. The molecule has 2 aromatic rings. The normalized spacial score (nSPS) is 11.1. The zero-order valence-electron chi connectivity index (χ0n) is 11.0. The molecule has 2 rings (SSSR count). The second-order valence-electron chi connectivity index (χ2n) is 4.69. The third kappa shape index (κ3) is 3.72. The van der Waals surface area contributed by atoms with Gasteiger partial charge in [-0.3, -0.25) is 0 Å². The molecule has 0 atom stereocenters. The molecule has 0 bridgehead atoms. The van der Waals surface area contributed by atoms with E-state index in [9.17, 15) is 0 Å². The van der Waals surface area contributed by atoms with Gasteiger partial charge in [-0.2, -0.15) is 0 Å². The average Bonchev–Trinajstić information content (AvgIpc) is 2.84. The molecule has 96 valence electrons. The quantitative estimate of drug-likeness (QED) is 0.846. The fourth-order valence-corrected chi connectivity index (χ4v) is 1.96. The Bertz CT molecular complexity index is 463. The highest BCUT2D eigenvalue weighted by Gasteiger charge is 2.03. The monoisotopic (exact) mass is 244 g/mol. The first-order valence-electron chi connectivity index (χ1n) is 6.20. The van der Waals surface area contributed by atoms with Crippen molar-refractivity contribution in [3.05, 3.63) is 59.5 Å². The van der Waals surface area contributed by atoms with Gasteiger partial charge in [0.15, 0.2) is 0 Å². The molecule has 1 aromatic carbocycles. The molecular formula is C15H20N2O. The van der Waals surface area contributed by atoms with Crippen LogP contribution in [-0.2, 0) is 19.6 Å². The summed E-state index contributed by atoms with van der Waals surface area (Å²) in [4.78, 5) is 2.19. The van der Waals surface area contributed by atoms with Gasteiger partial charge in [-0.15, -0.1) is 0 Å². The van der Waals surface area contributed by atoms with Gasteiger partial charge in [0.25, 0.3) is 0 Å². The molecule has 1 aromatic heterocycles. The highest BCUT2D eigenvalue weighted by Crippen LogP contribution is 2.10. The van der Waals surface area contributed by atoms with E-state index in [1.165, 1.54) is 11.1 Å². The molecule has 0 saturated heterocycles. The van der Waals surface area contributed by atoms with Crippen LogP contribution in [0, 0.1) is 0 Å². The molecule has 1 heterocycles. The summed E-state index contributed by atoms with van der Waals surface area (Å²) in [5.74, 6) is 0.972. The smallest absolute Gasteiger partial charge is 0.117 e. The Morgan fingerprint density at radius 3 is 2.44 bits per heavy atom. The summed E-state index contributed by atoms with van der Waals surface area (Å²) >= 11 is 0. The van der Waals surface area contributed by atoms with Crippen LogP contribution in [-0.4, -0.2) is 19.0 Å². The van der Waals surface area contributed by atoms with Crippen LogP contribution in [0.2, 0.25) is 0 Å². The summed E-state index contributed by atoms with van der Waals surface area (Å²) in [6, 6.07) is 12.4. The number of hydrogen-bond acceptors (Lipinski definition) is 3. The van der Waals surface area contributed by atoms with Crippen molar-refractivity contribution in [3.63, 3.8) is 0 Å². The third-order valence-corrected chi connectivity index (χ3v) is 2.80. The van der Waals surface area contributed by atoms with E-state index >= 15 is 0 Å². The van der Waals surface area contributed by atoms with Gasteiger partial charge >= 0.3 is 0 Å².